The Morgan fingerprint density at radius 2 is 0.705 bits per heavy atom. The first-order valence-electron chi connectivity index (χ1n) is 14.8. The number of fused-ring (bicyclic) bond motifs is 2. The molecule has 206 valence electrons. The van der Waals surface area contributed by atoms with E-state index in [0.717, 1.165) is 33.9 Å². The van der Waals surface area contributed by atoms with Crippen molar-refractivity contribution in [2.24, 2.45) is 0 Å². The summed E-state index contributed by atoms with van der Waals surface area (Å²) in [5.41, 5.74) is 10.4. The molecule has 0 unspecified atom stereocenters. The van der Waals surface area contributed by atoms with Crippen LogP contribution < -0.4 is 0 Å². The van der Waals surface area contributed by atoms with Crippen LogP contribution in [-0.2, 0) is 0 Å². The Labute approximate surface area is 256 Å². The van der Waals surface area contributed by atoms with E-state index in [1.807, 2.05) is 36.4 Å². The zero-order valence-corrected chi connectivity index (χ0v) is 23.9. The van der Waals surface area contributed by atoms with E-state index in [0.29, 0.717) is 0 Å². The average molecular weight is 562 g/mol. The van der Waals surface area contributed by atoms with Crippen molar-refractivity contribution in [3.8, 4) is 56.2 Å². The van der Waals surface area contributed by atoms with Crippen LogP contribution >= 0.6 is 0 Å². The Kier molecular flexibility index (Phi) is 6.47. The van der Waals surface area contributed by atoms with E-state index in [2.05, 4.69) is 125 Å². The summed E-state index contributed by atoms with van der Waals surface area (Å²) in [5.74, 6) is 0. The number of rotatable bonds is 5. The van der Waals surface area contributed by atoms with Crippen LogP contribution in [0.2, 0.25) is 0 Å². The van der Waals surface area contributed by atoms with E-state index < -0.39 is 0 Å². The second kappa shape index (κ2) is 11.0. The molecule has 0 saturated heterocycles. The fourth-order valence-corrected chi connectivity index (χ4v) is 6.17. The number of hydrogen-bond acceptors (Lipinski definition) is 3. The third-order valence-electron chi connectivity index (χ3n) is 8.18. The molecule has 0 saturated carbocycles. The second-order valence-electron chi connectivity index (χ2n) is 10.8. The molecule has 0 atom stereocenters. The van der Waals surface area contributed by atoms with Gasteiger partial charge in [-0.3, -0.25) is 9.97 Å². The van der Waals surface area contributed by atoms with Crippen molar-refractivity contribution in [3.05, 3.63) is 164 Å². The van der Waals surface area contributed by atoms with Gasteiger partial charge in [0, 0.05) is 12.4 Å². The van der Waals surface area contributed by atoms with E-state index in [4.69, 9.17) is 4.98 Å². The van der Waals surface area contributed by atoms with Crippen molar-refractivity contribution >= 4 is 21.5 Å². The van der Waals surface area contributed by atoms with E-state index in [1.54, 1.807) is 12.4 Å². The minimum atomic E-state index is 0.821. The first-order chi connectivity index (χ1) is 21.8. The molecule has 3 aromatic heterocycles. The number of pyridine rings is 3. The SMILES string of the molecule is c1ccc(-c2c3ccccc3c(-c3ccc(-c4cc(-c5ccccn5)nc(-c5ccccn5)c4)cc3)c3ccccc23)cc1. The Bertz CT molecular complexity index is 2130. The minimum Gasteiger partial charge on any atom is -0.255 e. The first kappa shape index (κ1) is 25.8. The van der Waals surface area contributed by atoms with Gasteiger partial charge in [0.15, 0.2) is 0 Å². The summed E-state index contributed by atoms with van der Waals surface area (Å²) in [6.45, 7) is 0. The molecule has 3 heteroatoms. The molecule has 0 N–H and O–H groups in total. The van der Waals surface area contributed by atoms with Crippen LogP contribution in [0.3, 0.4) is 0 Å². The van der Waals surface area contributed by atoms with Gasteiger partial charge in [-0.05, 0) is 91.3 Å². The zero-order valence-electron chi connectivity index (χ0n) is 23.9. The highest BCUT2D eigenvalue weighted by molar-refractivity contribution is 6.21. The summed E-state index contributed by atoms with van der Waals surface area (Å²) in [6.07, 6.45) is 3.60. The maximum atomic E-state index is 4.94. The molecule has 3 nitrogen and oxygen atoms in total. The third kappa shape index (κ3) is 4.61. The van der Waals surface area contributed by atoms with Crippen LogP contribution in [0.5, 0.6) is 0 Å². The lowest BCUT2D eigenvalue weighted by Gasteiger charge is -2.18. The molecule has 8 aromatic rings. The van der Waals surface area contributed by atoms with Gasteiger partial charge in [-0.25, -0.2) is 4.98 Å². The fourth-order valence-electron chi connectivity index (χ4n) is 6.17. The molecule has 0 amide bonds. The van der Waals surface area contributed by atoms with Crippen LogP contribution in [0.15, 0.2) is 164 Å². The van der Waals surface area contributed by atoms with Crippen molar-refractivity contribution in [1.29, 1.82) is 0 Å². The molecule has 8 rings (SSSR count). The topological polar surface area (TPSA) is 38.7 Å². The first-order valence-corrected chi connectivity index (χ1v) is 14.8. The normalized spacial score (nSPS) is 11.2. The number of aromatic nitrogens is 3. The molecule has 0 radical (unpaired) electrons. The Morgan fingerprint density at radius 3 is 1.16 bits per heavy atom. The fraction of sp³-hybridized carbons (Fsp3) is 0. The van der Waals surface area contributed by atoms with Crippen molar-refractivity contribution in [2.45, 2.75) is 0 Å². The van der Waals surface area contributed by atoms with Gasteiger partial charge in [0.25, 0.3) is 0 Å². The van der Waals surface area contributed by atoms with Crippen molar-refractivity contribution in [1.82, 2.24) is 15.0 Å². The number of hydrogen-bond donors (Lipinski definition) is 0. The Morgan fingerprint density at radius 1 is 0.295 bits per heavy atom. The molecule has 0 spiro atoms. The van der Waals surface area contributed by atoms with Crippen LogP contribution in [-0.4, -0.2) is 15.0 Å². The largest absolute Gasteiger partial charge is 0.255 e. The predicted molar refractivity (Wildman–Crippen MR) is 182 cm³/mol. The Balaban J connectivity index is 1.30. The van der Waals surface area contributed by atoms with Gasteiger partial charge < -0.3 is 0 Å². The maximum Gasteiger partial charge on any atom is 0.0900 e. The van der Waals surface area contributed by atoms with Crippen LogP contribution in [0.4, 0.5) is 0 Å². The van der Waals surface area contributed by atoms with Gasteiger partial charge in [-0.15, -0.1) is 0 Å². The van der Waals surface area contributed by atoms with E-state index in [1.165, 1.54) is 43.8 Å². The minimum absolute atomic E-state index is 0.821. The molecule has 0 aliphatic carbocycles. The highest BCUT2D eigenvalue weighted by Crippen LogP contribution is 2.43. The number of nitrogens with zero attached hydrogens (tertiary/aromatic N) is 3. The Hall–Kier alpha value is -5.93. The molecule has 0 aliphatic heterocycles. The van der Waals surface area contributed by atoms with Crippen molar-refractivity contribution in [2.75, 3.05) is 0 Å². The summed E-state index contributed by atoms with van der Waals surface area (Å²) in [7, 11) is 0. The zero-order chi connectivity index (χ0) is 29.3. The van der Waals surface area contributed by atoms with Gasteiger partial charge in [-0.1, -0.05) is 115 Å². The summed E-state index contributed by atoms with van der Waals surface area (Å²) in [6, 6.07) is 53.2. The van der Waals surface area contributed by atoms with Gasteiger partial charge >= 0.3 is 0 Å². The van der Waals surface area contributed by atoms with E-state index in [-0.39, 0.29) is 0 Å². The monoisotopic (exact) mass is 561 g/mol. The van der Waals surface area contributed by atoms with Gasteiger partial charge in [0.05, 0.1) is 22.8 Å². The van der Waals surface area contributed by atoms with Crippen molar-refractivity contribution < 1.29 is 0 Å². The predicted octanol–water partition coefficient (Wildman–Crippen LogP) is 10.5. The lowest BCUT2D eigenvalue weighted by Crippen LogP contribution is -1.94. The smallest absolute Gasteiger partial charge is 0.0900 e. The molecule has 0 bridgehead atoms. The molecular weight excluding hydrogens is 534 g/mol. The lowest BCUT2D eigenvalue weighted by molar-refractivity contribution is 1.22. The maximum absolute atomic E-state index is 4.94. The van der Waals surface area contributed by atoms with Gasteiger partial charge in [-0.2, -0.15) is 0 Å². The van der Waals surface area contributed by atoms with Crippen LogP contribution in [0.25, 0.3) is 77.7 Å². The summed E-state index contributed by atoms with van der Waals surface area (Å²) < 4.78 is 0. The number of benzene rings is 5. The van der Waals surface area contributed by atoms with E-state index >= 15 is 0 Å². The van der Waals surface area contributed by atoms with Gasteiger partial charge in [0.2, 0.25) is 0 Å². The van der Waals surface area contributed by atoms with Crippen molar-refractivity contribution in [3.63, 3.8) is 0 Å². The average Bonchev–Trinajstić information content (AvgIpc) is 3.11. The van der Waals surface area contributed by atoms with Crippen LogP contribution in [0.1, 0.15) is 0 Å². The highest BCUT2D eigenvalue weighted by Gasteiger charge is 2.17. The third-order valence-corrected chi connectivity index (χ3v) is 8.18. The van der Waals surface area contributed by atoms with Gasteiger partial charge in [0.1, 0.15) is 0 Å². The molecule has 0 aliphatic rings. The summed E-state index contributed by atoms with van der Waals surface area (Å²) in [5, 5.41) is 5.00. The highest BCUT2D eigenvalue weighted by atomic mass is 14.8. The summed E-state index contributed by atoms with van der Waals surface area (Å²) >= 11 is 0. The molecule has 0 fully saturated rings. The summed E-state index contributed by atoms with van der Waals surface area (Å²) in [4.78, 5) is 14.1. The molecule has 44 heavy (non-hydrogen) atoms. The quantitative estimate of drug-likeness (QED) is 0.196. The van der Waals surface area contributed by atoms with Crippen LogP contribution in [0, 0.1) is 0 Å². The molecule has 5 aromatic carbocycles. The van der Waals surface area contributed by atoms with E-state index in [9.17, 15) is 0 Å². The molecular formula is C41H27N3. The second-order valence-corrected chi connectivity index (χ2v) is 10.8. The molecule has 3 heterocycles. The lowest BCUT2D eigenvalue weighted by atomic mass is 9.86. The standard InChI is InChI=1S/C41H27N3/c1-2-12-29(13-3-1)40-32-14-4-6-16-34(32)41(35-17-7-5-15-33(35)40)30-22-20-28(21-23-30)31-26-38(36-18-8-10-24-42-36)44-39(27-31)37-19-9-11-25-43-37/h1-27H.